The van der Waals surface area contributed by atoms with E-state index >= 15 is 0 Å². The van der Waals surface area contributed by atoms with Crippen LogP contribution in [0.1, 0.15) is 43.1 Å². The molecular formula is C20H26N2O3S. The van der Waals surface area contributed by atoms with Crippen molar-refractivity contribution in [2.75, 3.05) is 18.4 Å². The highest BCUT2D eigenvalue weighted by atomic mass is 32.2. The smallest absolute Gasteiger partial charge is 0.255 e. The van der Waals surface area contributed by atoms with Gasteiger partial charge in [-0.2, -0.15) is 4.31 Å². The number of carbonyl (C=O) groups is 1. The zero-order valence-electron chi connectivity index (χ0n) is 15.5. The number of hydrogen-bond donors (Lipinski definition) is 1. The molecule has 0 fully saturated rings. The lowest BCUT2D eigenvalue weighted by Gasteiger charge is -2.18. The van der Waals surface area contributed by atoms with Crippen LogP contribution in [0.15, 0.2) is 53.4 Å². The Morgan fingerprint density at radius 2 is 1.50 bits per heavy atom. The van der Waals surface area contributed by atoms with Crippen LogP contribution in [0.2, 0.25) is 0 Å². The molecule has 0 spiro atoms. The molecule has 26 heavy (non-hydrogen) atoms. The van der Waals surface area contributed by atoms with E-state index in [1.165, 1.54) is 22.0 Å². The fraction of sp³-hybridized carbons (Fsp3) is 0.350. The van der Waals surface area contributed by atoms with E-state index in [1.54, 1.807) is 38.1 Å². The third kappa shape index (κ3) is 4.71. The lowest BCUT2D eigenvalue weighted by atomic mass is 10.1. The Hall–Kier alpha value is -2.18. The largest absolute Gasteiger partial charge is 0.322 e. The van der Waals surface area contributed by atoms with Crippen molar-refractivity contribution in [3.05, 3.63) is 59.7 Å². The molecule has 140 valence electrons. The van der Waals surface area contributed by atoms with Crippen LogP contribution in [-0.4, -0.2) is 31.7 Å². The summed E-state index contributed by atoms with van der Waals surface area (Å²) in [5.41, 5.74) is 2.34. The quantitative estimate of drug-likeness (QED) is 0.761. The lowest BCUT2D eigenvalue weighted by molar-refractivity contribution is 0.102. The van der Waals surface area contributed by atoms with E-state index in [9.17, 15) is 13.2 Å². The number of benzene rings is 2. The van der Waals surface area contributed by atoms with Crippen molar-refractivity contribution in [2.24, 2.45) is 0 Å². The minimum Gasteiger partial charge on any atom is -0.322 e. The number of carbonyl (C=O) groups excluding carboxylic acids is 1. The highest BCUT2D eigenvalue weighted by Crippen LogP contribution is 2.19. The van der Waals surface area contributed by atoms with Gasteiger partial charge in [-0.1, -0.05) is 39.3 Å². The van der Waals surface area contributed by atoms with E-state index < -0.39 is 10.0 Å². The zero-order valence-corrected chi connectivity index (χ0v) is 16.3. The van der Waals surface area contributed by atoms with Gasteiger partial charge in [-0.15, -0.1) is 0 Å². The molecule has 1 N–H and O–H groups in total. The molecular weight excluding hydrogens is 348 g/mol. The number of sulfonamides is 1. The molecule has 2 aromatic carbocycles. The molecule has 0 bridgehead atoms. The number of aryl methyl sites for hydroxylation is 1. The summed E-state index contributed by atoms with van der Waals surface area (Å²) in [6, 6.07) is 13.8. The summed E-state index contributed by atoms with van der Waals surface area (Å²) >= 11 is 0. The van der Waals surface area contributed by atoms with Gasteiger partial charge in [-0.3, -0.25) is 4.79 Å². The molecule has 5 nitrogen and oxygen atoms in total. The first-order valence-electron chi connectivity index (χ1n) is 8.92. The minimum atomic E-state index is -3.49. The Kier molecular flexibility index (Phi) is 6.94. The van der Waals surface area contributed by atoms with Crippen LogP contribution in [0.4, 0.5) is 5.69 Å². The molecule has 0 saturated heterocycles. The third-order valence-corrected chi connectivity index (χ3v) is 6.27. The maximum atomic E-state index is 12.5. The molecule has 0 aromatic heterocycles. The Balaban J connectivity index is 2.10. The van der Waals surface area contributed by atoms with Crippen molar-refractivity contribution in [3.8, 4) is 0 Å². The highest BCUT2D eigenvalue weighted by molar-refractivity contribution is 7.89. The van der Waals surface area contributed by atoms with Crippen molar-refractivity contribution in [2.45, 2.75) is 38.5 Å². The Morgan fingerprint density at radius 1 is 0.923 bits per heavy atom. The average molecular weight is 375 g/mol. The minimum absolute atomic E-state index is 0.215. The van der Waals surface area contributed by atoms with E-state index in [-0.39, 0.29) is 10.8 Å². The second-order valence-corrected chi connectivity index (χ2v) is 7.95. The van der Waals surface area contributed by atoms with Crippen LogP contribution in [0.25, 0.3) is 0 Å². The monoisotopic (exact) mass is 374 g/mol. The van der Waals surface area contributed by atoms with Crippen LogP contribution in [0, 0.1) is 0 Å². The summed E-state index contributed by atoms with van der Waals surface area (Å²) in [7, 11) is -3.49. The van der Waals surface area contributed by atoms with Crippen molar-refractivity contribution in [1.82, 2.24) is 4.31 Å². The molecule has 2 rings (SSSR count). The molecule has 0 saturated carbocycles. The number of anilines is 1. The van der Waals surface area contributed by atoms with Gasteiger partial charge in [0.2, 0.25) is 10.0 Å². The Labute approximate surface area is 156 Å². The van der Waals surface area contributed by atoms with Crippen molar-refractivity contribution < 1.29 is 13.2 Å². The lowest BCUT2D eigenvalue weighted by Crippen LogP contribution is -2.30. The SMILES string of the molecule is CCCc1ccc(C(=O)Nc2ccc(S(=O)(=O)N(CC)CC)cc2)cc1. The number of hydrogen-bond acceptors (Lipinski definition) is 3. The van der Waals surface area contributed by atoms with Crippen LogP contribution in [0.5, 0.6) is 0 Å². The second kappa shape index (κ2) is 8.96. The van der Waals surface area contributed by atoms with Crippen molar-refractivity contribution >= 4 is 21.6 Å². The zero-order chi connectivity index (χ0) is 19.2. The fourth-order valence-electron chi connectivity index (χ4n) is 2.74. The van der Waals surface area contributed by atoms with E-state index in [0.717, 1.165) is 12.8 Å². The molecule has 0 aliphatic heterocycles. The highest BCUT2D eigenvalue weighted by Gasteiger charge is 2.21. The molecule has 6 heteroatoms. The van der Waals surface area contributed by atoms with Crippen LogP contribution < -0.4 is 5.32 Å². The van der Waals surface area contributed by atoms with Gasteiger partial charge in [-0.05, 0) is 48.4 Å². The van der Waals surface area contributed by atoms with Gasteiger partial charge >= 0.3 is 0 Å². The predicted molar refractivity (Wildman–Crippen MR) is 105 cm³/mol. The summed E-state index contributed by atoms with van der Waals surface area (Å²) in [6.45, 7) is 6.57. The molecule has 0 aliphatic carbocycles. The van der Waals surface area contributed by atoms with Gasteiger partial charge in [0.25, 0.3) is 5.91 Å². The normalized spacial score (nSPS) is 11.5. The van der Waals surface area contributed by atoms with Gasteiger partial charge in [0.1, 0.15) is 0 Å². The maximum absolute atomic E-state index is 12.5. The second-order valence-electron chi connectivity index (χ2n) is 6.01. The topological polar surface area (TPSA) is 66.5 Å². The number of nitrogens with zero attached hydrogens (tertiary/aromatic N) is 1. The number of rotatable bonds is 8. The average Bonchev–Trinajstić information content (AvgIpc) is 2.64. The van der Waals surface area contributed by atoms with Crippen molar-refractivity contribution in [3.63, 3.8) is 0 Å². The third-order valence-electron chi connectivity index (χ3n) is 4.21. The van der Waals surface area contributed by atoms with Crippen LogP contribution in [-0.2, 0) is 16.4 Å². The summed E-state index contributed by atoms with van der Waals surface area (Å²) in [4.78, 5) is 12.6. The van der Waals surface area contributed by atoms with Crippen molar-refractivity contribution in [1.29, 1.82) is 0 Å². The first kappa shape index (κ1) is 20.1. The van der Waals surface area contributed by atoms with E-state index in [1.807, 2.05) is 12.1 Å². The molecule has 0 aliphatic rings. The first-order valence-corrected chi connectivity index (χ1v) is 10.4. The maximum Gasteiger partial charge on any atom is 0.255 e. The van der Waals surface area contributed by atoms with Crippen LogP contribution >= 0.6 is 0 Å². The molecule has 1 amide bonds. The van der Waals surface area contributed by atoms with Gasteiger partial charge in [0, 0.05) is 24.3 Å². The predicted octanol–water partition coefficient (Wildman–Crippen LogP) is 3.92. The summed E-state index contributed by atoms with van der Waals surface area (Å²) < 4.78 is 26.3. The molecule has 0 heterocycles. The first-order chi connectivity index (χ1) is 12.4. The van der Waals surface area contributed by atoms with E-state index in [2.05, 4.69) is 12.2 Å². The summed E-state index contributed by atoms with van der Waals surface area (Å²) in [6.07, 6.45) is 2.05. The standard InChI is InChI=1S/C20H26N2O3S/c1-4-7-16-8-10-17(11-9-16)20(23)21-18-12-14-19(15-13-18)26(24,25)22(5-2)6-3/h8-15H,4-7H2,1-3H3,(H,21,23). The van der Waals surface area contributed by atoms with E-state index in [4.69, 9.17) is 0 Å². The molecule has 2 aromatic rings. The van der Waals surface area contributed by atoms with Gasteiger partial charge in [0.05, 0.1) is 4.90 Å². The Bertz CT molecular complexity index is 824. The number of amides is 1. The van der Waals surface area contributed by atoms with Crippen LogP contribution in [0.3, 0.4) is 0 Å². The summed E-state index contributed by atoms with van der Waals surface area (Å²) in [5.74, 6) is -0.215. The summed E-state index contributed by atoms with van der Waals surface area (Å²) in [5, 5.41) is 2.80. The molecule has 0 atom stereocenters. The van der Waals surface area contributed by atoms with Gasteiger partial charge in [-0.25, -0.2) is 8.42 Å². The number of nitrogens with one attached hydrogen (secondary N) is 1. The van der Waals surface area contributed by atoms with Gasteiger partial charge in [0.15, 0.2) is 0 Å². The molecule has 0 radical (unpaired) electrons. The van der Waals surface area contributed by atoms with E-state index in [0.29, 0.717) is 24.3 Å². The molecule has 0 unspecified atom stereocenters. The van der Waals surface area contributed by atoms with Gasteiger partial charge < -0.3 is 5.32 Å². The fourth-order valence-corrected chi connectivity index (χ4v) is 4.20. The Morgan fingerprint density at radius 3 is 2.00 bits per heavy atom.